The van der Waals surface area contributed by atoms with Gasteiger partial charge in [-0.2, -0.15) is 0 Å². The van der Waals surface area contributed by atoms with E-state index in [0.29, 0.717) is 21.8 Å². The van der Waals surface area contributed by atoms with E-state index in [9.17, 15) is 18.0 Å². The van der Waals surface area contributed by atoms with E-state index in [4.69, 9.17) is 11.6 Å². The minimum Gasteiger partial charge on any atom is -0.352 e. The van der Waals surface area contributed by atoms with E-state index in [1.165, 1.54) is 17.0 Å². The zero-order chi connectivity index (χ0) is 31.8. The highest BCUT2D eigenvalue weighted by Crippen LogP contribution is 2.28. The maximum Gasteiger partial charge on any atom is 0.264 e. The average Bonchev–Trinajstić information content (AvgIpc) is 3.56. The number of nitrogens with zero attached hydrogens (tertiary/aromatic N) is 2. The molecule has 1 aliphatic carbocycles. The molecular weight excluding hydrogens is 606 g/mol. The van der Waals surface area contributed by atoms with Crippen molar-refractivity contribution in [2.75, 3.05) is 10.8 Å². The molecule has 0 aliphatic heterocycles. The number of carbonyl (C=O) groups excluding carboxylic acids is 2. The van der Waals surface area contributed by atoms with Crippen LogP contribution in [0.1, 0.15) is 42.4 Å². The Bertz CT molecular complexity index is 1710. The lowest BCUT2D eigenvalue weighted by Crippen LogP contribution is -2.54. The Balaban J connectivity index is 1.57. The number of carbonyl (C=O) groups is 2. The van der Waals surface area contributed by atoms with Crippen molar-refractivity contribution in [1.82, 2.24) is 10.2 Å². The quantitative estimate of drug-likeness (QED) is 0.190. The van der Waals surface area contributed by atoms with Crippen molar-refractivity contribution in [2.24, 2.45) is 0 Å². The van der Waals surface area contributed by atoms with Gasteiger partial charge in [0.1, 0.15) is 12.6 Å². The van der Waals surface area contributed by atoms with Crippen molar-refractivity contribution in [3.05, 3.63) is 131 Å². The third-order valence-electron chi connectivity index (χ3n) is 8.27. The first-order valence-electron chi connectivity index (χ1n) is 15.2. The molecular formula is C36H38ClN3O4S. The summed E-state index contributed by atoms with van der Waals surface area (Å²) in [5.41, 5.74) is 2.63. The van der Waals surface area contributed by atoms with Gasteiger partial charge < -0.3 is 10.2 Å². The van der Waals surface area contributed by atoms with Gasteiger partial charge in [-0.15, -0.1) is 0 Å². The van der Waals surface area contributed by atoms with Gasteiger partial charge in [0.05, 0.1) is 10.6 Å². The molecule has 2 amide bonds. The predicted octanol–water partition coefficient (Wildman–Crippen LogP) is 6.54. The SMILES string of the molecule is Cc1ccccc1N(CC(=O)N(Cc1ccccc1Cl)[C@H](Cc1ccccc1)C(=O)NC1CCCC1)S(=O)(=O)c1ccccc1. The molecule has 9 heteroatoms. The molecule has 0 saturated heterocycles. The lowest BCUT2D eigenvalue weighted by atomic mass is 10.0. The molecule has 0 unspecified atom stereocenters. The van der Waals surface area contributed by atoms with E-state index in [0.717, 1.165) is 35.6 Å². The van der Waals surface area contributed by atoms with Crippen LogP contribution in [-0.4, -0.2) is 43.8 Å². The Hall–Kier alpha value is -4.14. The highest BCUT2D eigenvalue weighted by molar-refractivity contribution is 7.92. The van der Waals surface area contributed by atoms with Gasteiger partial charge in [-0.05, 0) is 60.7 Å². The second kappa shape index (κ2) is 14.8. The number of amides is 2. The summed E-state index contributed by atoms with van der Waals surface area (Å²) < 4.78 is 29.4. The Labute approximate surface area is 270 Å². The molecule has 1 fully saturated rings. The smallest absolute Gasteiger partial charge is 0.264 e. The summed E-state index contributed by atoms with van der Waals surface area (Å²) in [4.78, 5) is 30.2. The standard InChI is InChI=1S/C36H38ClN3O4S/c1-27-14-8-13-23-33(27)40(45(43,44)31-20-6-3-7-21-31)26-35(41)39(25-29-17-9-12-22-32(29)37)34(24-28-15-4-2-5-16-28)36(42)38-30-18-10-11-19-30/h2-9,12-17,20-23,30,34H,10-11,18-19,24-26H2,1H3,(H,38,42)/t34-/m1/s1. The van der Waals surface area contributed by atoms with Crippen molar-refractivity contribution < 1.29 is 18.0 Å². The highest BCUT2D eigenvalue weighted by atomic mass is 35.5. The van der Waals surface area contributed by atoms with Gasteiger partial charge >= 0.3 is 0 Å². The van der Waals surface area contributed by atoms with Crippen molar-refractivity contribution in [2.45, 2.75) is 62.6 Å². The Morgan fingerprint density at radius 3 is 2.11 bits per heavy atom. The number of hydrogen-bond acceptors (Lipinski definition) is 4. The van der Waals surface area contributed by atoms with Crippen LogP contribution < -0.4 is 9.62 Å². The molecule has 234 valence electrons. The van der Waals surface area contributed by atoms with E-state index in [1.807, 2.05) is 61.5 Å². The molecule has 0 aromatic heterocycles. The van der Waals surface area contributed by atoms with Gasteiger partial charge in [-0.25, -0.2) is 8.42 Å². The summed E-state index contributed by atoms with van der Waals surface area (Å²) in [7, 11) is -4.15. The van der Waals surface area contributed by atoms with Crippen molar-refractivity contribution in [3.63, 3.8) is 0 Å². The fourth-order valence-electron chi connectivity index (χ4n) is 5.81. The van der Waals surface area contributed by atoms with E-state index in [-0.39, 0.29) is 29.8 Å². The summed E-state index contributed by atoms with van der Waals surface area (Å²) >= 11 is 6.59. The molecule has 4 aromatic rings. The maximum absolute atomic E-state index is 14.6. The topological polar surface area (TPSA) is 86.8 Å². The molecule has 7 nitrogen and oxygen atoms in total. The van der Waals surface area contributed by atoms with Gasteiger partial charge in [0.25, 0.3) is 10.0 Å². The minimum atomic E-state index is -4.15. The number of anilines is 1. The number of sulfonamides is 1. The number of nitrogens with one attached hydrogen (secondary N) is 1. The Morgan fingerprint density at radius 2 is 1.44 bits per heavy atom. The van der Waals surface area contributed by atoms with Crippen LogP contribution in [-0.2, 0) is 32.6 Å². The average molecular weight is 644 g/mol. The summed E-state index contributed by atoms with van der Waals surface area (Å²) in [5.74, 6) is -0.778. The third-order valence-corrected chi connectivity index (χ3v) is 10.4. The van der Waals surface area contributed by atoms with Crippen LogP contribution in [0.15, 0.2) is 114 Å². The van der Waals surface area contributed by atoms with Crippen LogP contribution in [0.5, 0.6) is 0 Å². The molecule has 1 N–H and O–H groups in total. The molecule has 1 atom stereocenters. The van der Waals surface area contributed by atoms with Crippen LogP contribution in [0, 0.1) is 6.92 Å². The van der Waals surface area contributed by atoms with Crippen LogP contribution >= 0.6 is 11.6 Å². The second-order valence-electron chi connectivity index (χ2n) is 11.4. The van der Waals surface area contributed by atoms with E-state index >= 15 is 0 Å². The monoisotopic (exact) mass is 643 g/mol. The molecule has 0 heterocycles. The molecule has 4 aromatic carbocycles. The van der Waals surface area contributed by atoms with Gasteiger partial charge in [0, 0.05) is 24.0 Å². The lowest BCUT2D eigenvalue weighted by molar-refractivity contribution is -0.140. The first-order valence-corrected chi connectivity index (χ1v) is 17.1. The van der Waals surface area contributed by atoms with Crippen LogP contribution in [0.4, 0.5) is 5.69 Å². The van der Waals surface area contributed by atoms with Crippen LogP contribution in [0.25, 0.3) is 0 Å². The fraction of sp³-hybridized carbons (Fsp3) is 0.278. The molecule has 5 rings (SSSR count). The predicted molar refractivity (Wildman–Crippen MR) is 178 cm³/mol. The minimum absolute atomic E-state index is 0.0289. The zero-order valence-electron chi connectivity index (χ0n) is 25.3. The molecule has 1 saturated carbocycles. The lowest BCUT2D eigenvalue weighted by Gasteiger charge is -2.34. The van der Waals surface area contributed by atoms with Gasteiger partial charge in [0.15, 0.2) is 0 Å². The van der Waals surface area contributed by atoms with E-state index in [1.54, 1.807) is 42.5 Å². The molecule has 45 heavy (non-hydrogen) atoms. The van der Waals surface area contributed by atoms with Crippen molar-refractivity contribution in [3.8, 4) is 0 Å². The Morgan fingerprint density at radius 1 is 0.844 bits per heavy atom. The highest BCUT2D eigenvalue weighted by Gasteiger charge is 2.36. The van der Waals surface area contributed by atoms with E-state index in [2.05, 4.69) is 5.32 Å². The summed E-state index contributed by atoms with van der Waals surface area (Å²) in [5, 5.41) is 3.64. The number of hydrogen-bond donors (Lipinski definition) is 1. The first kappa shape index (κ1) is 32.3. The summed E-state index contributed by atoms with van der Waals surface area (Å²) in [6, 6.07) is 31.0. The third kappa shape index (κ3) is 7.93. The first-order chi connectivity index (χ1) is 21.7. The summed E-state index contributed by atoms with van der Waals surface area (Å²) in [6.07, 6.45) is 4.11. The van der Waals surface area contributed by atoms with Crippen LogP contribution in [0.3, 0.4) is 0 Å². The molecule has 1 aliphatic rings. The second-order valence-corrected chi connectivity index (χ2v) is 13.7. The number of benzene rings is 4. The number of para-hydroxylation sites is 1. The normalized spacial score (nSPS) is 14.1. The van der Waals surface area contributed by atoms with Crippen LogP contribution in [0.2, 0.25) is 5.02 Å². The number of aryl methyl sites for hydroxylation is 1. The van der Waals surface area contributed by atoms with Crippen molar-refractivity contribution in [1.29, 1.82) is 0 Å². The number of halogens is 1. The van der Waals surface area contributed by atoms with Gasteiger partial charge in [0.2, 0.25) is 11.8 Å². The molecule has 0 radical (unpaired) electrons. The van der Waals surface area contributed by atoms with Gasteiger partial charge in [-0.1, -0.05) is 109 Å². The fourth-order valence-corrected chi connectivity index (χ4v) is 7.50. The van der Waals surface area contributed by atoms with Gasteiger partial charge in [-0.3, -0.25) is 13.9 Å². The Kier molecular flexibility index (Phi) is 10.6. The molecule has 0 bridgehead atoms. The maximum atomic E-state index is 14.6. The van der Waals surface area contributed by atoms with E-state index < -0.39 is 28.5 Å². The molecule has 0 spiro atoms. The number of rotatable bonds is 12. The zero-order valence-corrected chi connectivity index (χ0v) is 26.9. The van der Waals surface area contributed by atoms with Crippen molar-refractivity contribution >= 4 is 39.1 Å². The largest absolute Gasteiger partial charge is 0.352 e. The summed E-state index contributed by atoms with van der Waals surface area (Å²) in [6.45, 7) is 1.33.